The maximum absolute atomic E-state index is 11.5. The molecule has 3 aromatic rings. The first-order valence-corrected chi connectivity index (χ1v) is 11.1. The van der Waals surface area contributed by atoms with Crippen molar-refractivity contribution in [1.29, 1.82) is 0 Å². The van der Waals surface area contributed by atoms with Crippen molar-refractivity contribution in [2.75, 3.05) is 26.4 Å². The maximum atomic E-state index is 11.5. The number of nitrogens with zero attached hydrogens (tertiary/aromatic N) is 1. The van der Waals surface area contributed by atoms with Crippen molar-refractivity contribution in [2.45, 2.75) is 17.7 Å². The number of guanidine groups is 1. The number of aliphatic imine (C=N–C) groups is 1. The van der Waals surface area contributed by atoms with Gasteiger partial charge in [0.25, 0.3) is 0 Å². The third-order valence-corrected chi connectivity index (χ3v) is 5.77. The van der Waals surface area contributed by atoms with Crippen molar-refractivity contribution in [3.05, 3.63) is 65.9 Å². The highest BCUT2D eigenvalue weighted by atomic mass is 32.2. The number of sulfone groups is 1. The van der Waals surface area contributed by atoms with Crippen molar-refractivity contribution >= 4 is 26.7 Å². The standard InChI is InChI=1S/C21H26N4O2S/c1-22-21(23-13-11-16-7-9-18(10-8-16)28(2,26)27)24-14-12-17-15-25-20-6-4-3-5-19(17)20/h3-10,15,25H,11-14H2,1-2H3,(H2,22,23,24). The molecule has 3 rings (SSSR count). The zero-order valence-electron chi connectivity index (χ0n) is 16.2. The van der Waals surface area contributed by atoms with Gasteiger partial charge in [-0.3, -0.25) is 4.99 Å². The molecule has 0 aliphatic rings. The topological polar surface area (TPSA) is 86.3 Å². The molecule has 0 fully saturated rings. The number of aromatic nitrogens is 1. The van der Waals surface area contributed by atoms with Crippen LogP contribution in [-0.2, 0) is 22.7 Å². The Morgan fingerprint density at radius 3 is 2.36 bits per heavy atom. The van der Waals surface area contributed by atoms with E-state index in [0.717, 1.165) is 36.4 Å². The van der Waals surface area contributed by atoms with Crippen molar-refractivity contribution in [3.8, 4) is 0 Å². The van der Waals surface area contributed by atoms with Crippen LogP contribution < -0.4 is 10.6 Å². The van der Waals surface area contributed by atoms with Crippen LogP contribution in [0.2, 0.25) is 0 Å². The Morgan fingerprint density at radius 1 is 1.00 bits per heavy atom. The number of benzene rings is 2. The molecule has 28 heavy (non-hydrogen) atoms. The summed E-state index contributed by atoms with van der Waals surface area (Å²) in [7, 11) is -1.40. The van der Waals surface area contributed by atoms with Gasteiger partial charge in [-0.2, -0.15) is 0 Å². The molecule has 0 bridgehead atoms. The molecule has 0 aliphatic carbocycles. The first-order valence-electron chi connectivity index (χ1n) is 9.26. The summed E-state index contributed by atoms with van der Waals surface area (Å²) in [5.41, 5.74) is 3.51. The lowest BCUT2D eigenvalue weighted by molar-refractivity contribution is 0.602. The lowest BCUT2D eigenvalue weighted by Gasteiger charge is -2.12. The van der Waals surface area contributed by atoms with Gasteiger partial charge < -0.3 is 15.6 Å². The lowest BCUT2D eigenvalue weighted by Crippen LogP contribution is -2.39. The summed E-state index contributed by atoms with van der Waals surface area (Å²) in [6.07, 6.45) is 4.96. The fraction of sp³-hybridized carbons (Fsp3) is 0.286. The third kappa shape index (κ3) is 5.13. The fourth-order valence-electron chi connectivity index (χ4n) is 3.10. The summed E-state index contributed by atoms with van der Waals surface area (Å²) in [6, 6.07) is 15.3. The van der Waals surface area contributed by atoms with E-state index in [9.17, 15) is 8.42 Å². The van der Waals surface area contributed by atoms with Gasteiger partial charge in [0, 0.05) is 43.5 Å². The van der Waals surface area contributed by atoms with E-state index in [0.29, 0.717) is 11.4 Å². The minimum atomic E-state index is -3.15. The van der Waals surface area contributed by atoms with Gasteiger partial charge in [0.05, 0.1) is 4.90 Å². The van der Waals surface area contributed by atoms with Crippen LogP contribution >= 0.6 is 0 Å². The van der Waals surface area contributed by atoms with Crippen LogP contribution in [0.15, 0.2) is 64.6 Å². The third-order valence-electron chi connectivity index (χ3n) is 4.64. The van der Waals surface area contributed by atoms with Crippen LogP contribution in [0.3, 0.4) is 0 Å². The summed E-state index contributed by atoms with van der Waals surface area (Å²) in [5.74, 6) is 0.757. The molecule has 0 atom stereocenters. The maximum Gasteiger partial charge on any atom is 0.190 e. The van der Waals surface area contributed by atoms with E-state index < -0.39 is 9.84 Å². The fourth-order valence-corrected chi connectivity index (χ4v) is 3.73. The molecular weight excluding hydrogens is 372 g/mol. The van der Waals surface area contributed by atoms with E-state index in [1.165, 1.54) is 17.2 Å². The molecule has 1 heterocycles. The number of fused-ring (bicyclic) bond motifs is 1. The molecule has 7 heteroatoms. The molecule has 0 aliphatic heterocycles. The largest absolute Gasteiger partial charge is 0.361 e. The minimum absolute atomic E-state index is 0.346. The minimum Gasteiger partial charge on any atom is -0.361 e. The van der Waals surface area contributed by atoms with Crippen molar-refractivity contribution in [3.63, 3.8) is 0 Å². The van der Waals surface area contributed by atoms with E-state index in [2.05, 4.69) is 45.0 Å². The second-order valence-electron chi connectivity index (χ2n) is 6.70. The quantitative estimate of drug-likeness (QED) is 0.422. The average molecular weight is 399 g/mol. The number of para-hydroxylation sites is 1. The number of hydrogen-bond donors (Lipinski definition) is 3. The molecule has 1 aromatic heterocycles. The predicted molar refractivity (Wildman–Crippen MR) is 115 cm³/mol. The van der Waals surface area contributed by atoms with Gasteiger partial charge in [-0.1, -0.05) is 30.3 Å². The normalized spacial score (nSPS) is 12.3. The van der Waals surface area contributed by atoms with Gasteiger partial charge in [-0.15, -0.1) is 0 Å². The average Bonchev–Trinajstić information content (AvgIpc) is 3.10. The first-order chi connectivity index (χ1) is 13.5. The van der Waals surface area contributed by atoms with E-state index in [4.69, 9.17) is 0 Å². The van der Waals surface area contributed by atoms with E-state index in [1.807, 2.05) is 18.2 Å². The summed E-state index contributed by atoms with van der Waals surface area (Å²) >= 11 is 0. The van der Waals surface area contributed by atoms with E-state index in [-0.39, 0.29) is 0 Å². The van der Waals surface area contributed by atoms with E-state index >= 15 is 0 Å². The molecule has 2 aromatic carbocycles. The molecule has 0 unspecified atom stereocenters. The number of nitrogens with one attached hydrogen (secondary N) is 3. The Bertz CT molecular complexity index is 1050. The van der Waals surface area contributed by atoms with Gasteiger partial charge in [-0.05, 0) is 42.2 Å². The van der Waals surface area contributed by atoms with Crippen LogP contribution in [0.25, 0.3) is 10.9 Å². The van der Waals surface area contributed by atoms with Crippen LogP contribution in [0, 0.1) is 0 Å². The van der Waals surface area contributed by atoms with Crippen molar-refractivity contribution in [2.24, 2.45) is 4.99 Å². The van der Waals surface area contributed by atoms with E-state index in [1.54, 1.807) is 19.2 Å². The highest BCUT2D eigenvalue weighted by molar-refractivity contribution is 7.90. The second-order valence-corrected chi connectivity index (χ2v) is 8.72. The first kappa shape index (κ1) is 19.9. The summed E-state index contributed by atoms with van der Waals surface area (Å²) < 4.78 is 23.0. The SMILES string of the molecule is CN=C(NCCc1ccc(S(C)(=O)=O)cc1)NCCc1c[nH]c2ccccc12. The highest BCUT2D eigenvalue weighted by Gasteiger charge is 2.06. The predicted octanol–water partition coefficient (Wildman–Crippen LogP) is 2.52. The van der Waals surface area contributed by atoms with Crippen molar-refractivity contribution in [1.82, 2.24) is 15.6 Å². The van der Waals surface area contributed by atoms with Crippen LogP contribution in [0.4, 0.5) is 0 Å². The zero-order valence-corrected chi connectivity index (χ0v) is 17.0. The smallest absolute Gasteiger partial charge is 0.190 e. The summed E-state index contributed by atoms with van der Waals surface area (Å²) in [4.78, 5) is 7.89. The Morgan fingerprint density at radius 2 is 1.68 bits per heavy atom. The van der Waals surface area contributed by atoms with Gasteiger partial charge >= 0.3 is 0 Å². The zero-order chi connectivity index (χ0) is 20.0. The monoisotopic (exact) mass is 398 g/mol. The molecule has 0 saturated carbocycles. The van der Waals surface area contributed by atoms with Crippen LogP contribution in [-0.4, -0.2) is 45.8 Å². The number of aromatic amines is 1. The Hall–Kier alpha value is -2.80. The number of H-pyrrole nitrogens is 1. The van der Waals surface area contributed by atoms with Crippen LogP contribution in [0.5, 0.6) is 0 Å². The molecule has 148 valence electrons. The molecule has 0 saturated heterocycles. The summed E-state index contributed by atoms with van der Waals surface area (Å²) in [6.45, 7) is 1.50. The van der Waals surface area contributed by atoms with Crippen LogP contribution in [0.1, 0.15) is 11.1 Å². The molecule has 3 N–H and O–H groups in total. The lowest BCUT2D eigenvalue weighted by atomic mass is 10.1. The second kappa shape index (κ2) is 8.93. The van der Waals surface area contributed by atoms with Gasteiger partial charge in [0.1, 0.15) is 0 Å². The molecule has 0 radical (unpaired) electrons. The van der Waals surface area contributed by atoms with Gasteiger partial charge in [0.15, 0.2) is 15.8 Å². The number of hydrogen-bond acceptors (Lipinski definition) is 3. The number of rotatable bonds is 7. The Labute approximate surface area is 166 Å². The molecule has 0 spiro atoms. The Kier molecular flexibility index (Phi) is 6.36. The van der Waals surface area contributed by atoms with Gasteiger partial charge in [0.2, 0.25) is 0 Å². The summed E-state index contributed by atoms with van der Waals surface area (Å²) in [5, 5.41) is 7.88. The molecule has 6 nitrogen and oxygen atoms in total. The highest BCUT2D eigenvalue weighted by Crippen LogP contribution is 2.17. The van der Waals surface area contributed by atoms with Crippen molar-refractivity contribution < 1.29 is 8.42 Å². The van der Waals surface area contributed by atoms with Gasteiger partial charge in [-0.25, -0.2) is 8.42 Å². The molecule has 0 amide bonds. The molecular formula is C21H26N4O2S. The Balaban J connectivity index is 1.45.